The number of anilines is 1. The molecule has 130 valence electrons. The van der Waals surface area contributed by atoms with Crippen molar-refractivity contribution in [2.75, 3.05) is 19.0 Å². The molecule has 0 aliphatic heterocycles. The summed E-state index contributed by atoms with van der Waals surface area (Å²) in [5.74, 6) is -0.862. The second kappa shape index (κ2) is 8.11. The highest BCUT2D eigenvalue weighted by Gasteiger charge is 2.13. The van der Waals surface area contributed by atoms with Gasteiger partial charge in [0.15, 0.2) is 6.61 Å². The van der Waals surface area contributed by atoms with Gasteiger partial charge in [0.05, 0.1) is 22.6 Å². The van der Waals surface area contributed by atoms with Crippen molar-refractivity contribution in [3.8, 4) is 5.75 Å². The summed E-state index contributed by atoms with van der Waals surface area (Å²) in [6.45, 7) is -0.514. The van der Waals surface area contributed by atoms with E-state index in [1.54, 1.807) is 12.1 Å². The molecule has 2 aromatic rings. The molecule has 25 heavy (non-hydrogen) atoms. The van der Waals surface area contributed by atoms with E-state index in [1.165, 1.54) is 37.4 Å². The Morgan fingerprint density at radius 2 is 1.88 bits per heavy atom. The first-order valence-corrected chi connectivity index (χ1v) is 7.33. The molecular formula is C16H13ClN2O6. The summed E-state index contributed by atoms with van der Waals surface area (Å²) in [5, 5.41) is 13.4. The number of hydrogen-bond donors (Lipinski definition) is 1. The van der Waals surface area contributed by atoms with Crippen molar-refractivity contribution in [1.82, 2.24) is 0 Å². The van der Waals surface area contributed by atoms with Crippen molar-refractivity contribution in [3.05, 3.63) is 63.2 Å². The molecular weight excluding hydrogens is 352 g/mol. The molecule has 0 spiro atoms. The van der Waals surface area contributed by atoms with E-state index in [-0.39, 0.29) is 11.3 Å². The molecule has 0 saturated carbocycles. The minimum atomic E-state index is -0.766. The number of nitrogens with one attached hydrogen (secondary N) is 1. The Hall–Kier alpha value is -3.13. The minimum Gasteiger partial charge on any atom is -0.495 e. The number of nitrogens with zero attached hydrogens (tertiary/aromatic N) is 1. The molecule has 0 fully saturated rings. The lowest BCUT2D eigenvalue weighted by molar-refractivity contribution is -0.384. The monoisotopic (exact) mass is 364 g/mol. The van der Waals surface area contributed by atoms with Gasteiger partial charge in [0.25, 0.3) is 11.6 Å². The first-order valence-electron chi connectivity index (χ1n) is 6.95. The lowest BCUT2D eigenvalue weighted by Gasteiger charge is -2.08. The van der Waals surface area contributed by atoms with Crippen LogP contribution in [0.2, 0.25) is 5.02 Å². The second-order valence-electron chi connectivity index (χ2n) is 4.78. The van der Waals surface area contributed by atoms with Crippen LogP contribution < -0.4 is 10.1 Å². The zero-order valence-corrected chi connectivity index (χ0v) is 13.8. The number of non-ortho nitro benzene ring substituents is 1. The van der Waals surface area contributed by atoms with Crippen LogP contribution in [0.3, 0.4) is 0 Å². The number of halogens is 1. The van der Waals surface area contributed by atoms with E-state index in [0.717, 1.165) is 0 Å². The Bertz CT molecular complexity index is 807. The lowest BCUT2D eigenvalue weighted by atomic mass is 10.2. The fourth-order valence-corrected chi connectivity index (χ4v) is 2.13. The molecule has 0 saturated heterocycles. The summed E-state index contributed by atoms with van der Waals surface area (Å²) in [4.78, 5) is 33.6. The molecule has 0 bridgehead atoms. The van der Waals surface area contributed by atoms with E-state index in [4.69, 9.17) is 21.1 Å². The van der Waals surface area contributed by atoms with E-state index < -0.39 is 23.4 Å². The Morgan fingerprint density at radius 1 is 1.20 bits per heavy atom. The lowest BCUT2D eigenvalue weighted by Crippen LogP contribution is -2.20. The van der Waals surface area contributed by atoms with Gasteiger partial charge < -0.3 is 14.8 Å². The third kappa shape index (κ3) is 4.92. The summed E-state index contributed by atoms with van der Waals surface area (Å²) >= 11 is 5.95. The Labute approximate surface area is 147 Å². The fourth-order valence-electron chi connectivity index (χ4n) is 1.87. The van der Waals surface area contributed by atoms with Gasteiger partial charge in [-0.1, -0.05) is 11.6 Å². The van der Waals surface area contributed by atoms with Gasteiger partial charge in [0.2, 0.25) is 0 Å². The standard InChI is InChI=1S/C16H13ClN2O6/c1-24-14-7-4-11(8-13(14)17)18-15(20)9-25-16(21)10-2-5-12(6-3-10)19(22)23/h2-8H,9H2,1H3,(H,18,20). The topological polar surface area (TPSA) is 108 Å². The third-order valence-corrected chi connectivity index (χ3v) is 3.38. The van der Waals surface area contributed by atoms with Gasteiger partial charge in [-0.25, -0.2) is 4.79 Å². The summed E-state index contributed by atoms with van der Waals surface area (Å²) < 4.78 is 9.86. The van der Waals surface area contributed by atoms with Crippen molar-refractivity contribution in [3.63, 3.8) is 0 Å². The van der Waals surface area contributed by atoms with Crippen LogP contribution in [0.4, 0.5) is 11.4 Å². The molecule has 0 heterocycles. The fraction of sp³-hybridized carbons (Fsp3) is 0.125. The number of amides is 1. The summed E-state index contributed by atoms with van der Waals surface area (Å²) in [6.07, 6.45) is 0. The van der Waals surface area contributed by atoms with Gasteiger partial charge in [-0.2, -0.15) is 0 Å². The molecule has 0 aromatic heterocycles. The Balaban J connectivity index is 1.89. The number of ether oxygens (including phenoxy) is 2. The number of benzene rings is 2. The quantitative estimate of drug-likeness (QED) is 0.479. The van der Waals surface area contributed by atoms with E-state index >= 15 is 0 Å². The van der Waals surface area contributed by atoms with Crippen LogP contribution in [0.1, 0.15) is 10.4 Å². The maximum atomic E-state index is 11.8. The minimum absolute atomic E-state index is 0.103. The molecule has 0 aliphatic rings. The maximum absolute atomic E-state index is 11.8. The molecule has 2 rings (SSSR count). The second-order valence-corrected chi connectivity index (χ2v) is 5.18. The highest BCUT2D eigenvalue weighted by Crippen LogP contribution is 2.27. The van der Waals surface area contributed by atoms with E-state index in [1.807, 2.05) is 0 Å². The maximum Gasteiger partial charge on any atom is 0.338 e. The van der Waals surface area contributed by atoms with Crippen molar-refractivity contribution >= 4 is 34.9 Å². The van der Waals surface area contributed by atoms with Crippen molar-refractivity contribution in [2.24, 2.45) is 0 Å². The zero-order chi connectivity index (χ0) is 18.4. The highest BCUT2D eigenvalue weighted by atomic mass is 35.5. The number of esters is 1. The third-order valence-electron chi connectivity index (χ3n) is 3.08. The van der Waals surface area contributed by atoms with Gasteiger partial charge in [-0.3, -0.25) is 14.9 Å². The van der Waals surface area contributed by atoms with Gasteiger partial charge in [0.1, 0.15) is 5.75 Å². The Morgan fingerprint density at radius 3 is 2.44 bits per heavy atom. The van der Waals surface area contributed by atoms with Crippen LogP contribution >= 0.6 is 11.6 Å². The van der Waals surface area contributed by atoms with Crippen LogP contribution in [-0.4, -0.2) is 30.5 Å². The van der Waals surface area contributed by atoms with Gasteiger partial charge in [-0.05, 0) is 30.3 Å². The van der Waals surface area contributed by atoms with Crippen LogP contribution in [0.5, 0.6) is 5.75 Å². The van der Waals surface area contributed by atoms with E-state index in [2.05, 4.69) is 5.32 Å². The first-order chi connectivity index (χ1) is 11.9. The normalized spacial score (nSPS) is 10.0. The average molecular weight is 365 g/mol. The number of nitro groups is 1. The molecule has 8 nitrogen and oxygen atoms in total. The SMILES string of the molecule is COc1ccc(NC(=O)COC(=O)c2ccc([N+](=O)[O-])cc2)cc1Cl. The molecule has 1 N–H and O–H groups in total. The van der Waals surface area contributed by atoms with Gasteiger partial charge in [-0.15, -0.1) is 0 Å². The largest absolute Gasteiger partial charge is 0.495 e. The summed E-state index contributed by atoms with van der Waals surface area (Å²) in [7, 11) is 1.47. The molecule has 0 unspecified atom stereocenters. The van der Waals surface area contributed by atoms with Crippen LogP contribution in [0.15, 0.2) is 42.5 Å². The molecule has 9 heteroatoms. The van der Waals surface area contributed by atoms with Crippen molar-refractivity contribution < 1.29 is 24.0 Å². The molecule has 2 aromatic carbocycles. The number of hydrogen-bond acceptors (Lipinski definition) is 6. The van der Waals surface area contributed by atoms with Crippen molar-refractivity contribution in [1.29, 1.82) is 0 Å². The number of rotatable bonds is 6. The van der Waals surface area contributed by atoms with Crippen LogP contribution in [0, 0.1) is 10.1 Å². The first kappa shape index (κ1) is 18.2. The predicted molar refractivity (Wildman–Crippen MR) is 90.0 cm³/mol. The number of carbonyl (C=O) groups is 2. The van der Waals surface area contributed by atoms with E-state index in [0.29, 0.717) is 16.5 Å². The molecule has 0 aliphatic carbocycles. The molecule has 0 atom stereocenters. The van der Waals surface area contributed by atoms with E-state index in [9.17, 15) is 19.7 Å². The predicted octanol–water partition coefficient (Wildman–Crippen LogP) is 3.05. The van der Waals surface area contributed by atoms with Crippen LogP contribution in [0.25, 0.3) is 0 Å². The highest BCUT2D eigenvalue weighted by molar-refractivity contribution is 6.32. The van der Waals surface area contributed by atoms with Crippen molar-refractivity contribution in [2.45, 2.75) is 0 Å². The number of nitro benzene ring substituents is 1. The summed E-state index contributed by atoms with van der Waals surface area (Å²) in [5.41, 5.74) is 0.374. The Kier molecular flexibility index (Phi) is 5.91. The summed E-state index contributed by atoms with van der Waals surface area (Å²) in [6, 6.07) is 9.52. The average Bonchev–Trinajstić information content (AvgIpc) is 2.60. The van der Waals surface area contributed by atoms with Crippen LogP contribution in [-0.2, 0) is 9.53 Å². The number of carbonyl (C=O) groups excluding carboxylic acids is 2. The smallest absolute Gasteiger partial charge is 0.338 e. The molecule has 0 radical (unpaired) electrons. The number of methoxy groups -OCH3 is 1. The van der Waals surface area contributed by atoms with Gasteiger partial charge in [0, 0.05) is 17.8 Å². The zero-order valence-electron chi connectivity index (χ0n) is 13.0. The molecule has 1 amide bonds. The van der Waals surface area contributed by atoms with Gasteiger partial charge >= 0.3 is 5.97 Å².